The smallest absolute Gasteiger partial charge is 0.345 e. The standard InChI is InChI=1S/C12H18N2O3S/c1-14(2)8-4-3-7-13-11(15)9-5-6-10(18-9)12(16)17/h5-6H,3-4,7-8H2,1-2H3,(H,13,15)(H,16,17). The molecule has 2 N–H and O–H groups in total. The molecule has 5 nitrogen and oxygen atoms in total. The summed E-state index contributed by atoms with van der Waals surface area (Å²) in [6, 6.07) is 3.00. The van der Waals surface area contributed by atoms with Crippen LogP contribution in [0.15, 0.2) is 12.1 Å². The molecule has 0 bridgehead atoms. The lowest BCUT2D eigenvalue weighted by atomic mass is 10.3. The van der Waals surface area contributed by atoms with Crippen molar-refractivity contribution in [2.45, 2.75) is 12.8 Å². The molecule has 0 saturated carbocycles. The average Bonchev–Trinajstić information content (AvgIpc) is 2.77. The van der Waals surface area contributed by atoms with Gasteiger partial charge in [-0.05, 0) is 45.6 Å². The Hall–Kier alpha value is -1.40. The fourth-order valence-corrected chi connectivity index (χ4v) is 2.18. The molecule has 0 aromatic carbocycles. The first-order valence-corrected chi connectivity index (χ1v) is 6.58. The van der Waals surface area contributed by atoms with Crippen molar-refractivity contribution in [3.63, 3.8) is 0 Å². The Bertz CT molecular complexity index is 415. The van der Waals surface area contributed by atoms with Crippen molar-refractivity contribution in [1.29, 1.82) is 0 Å². The van der Waals surface area contributed by atoms with Crippen molar-refractivity contribution >= 4 is 23.2 Å². The first-order valence-electron chi connectivity index (χ1n) is 5.76. The lowest BCUT2D eigenvalue weighted by Crippen LogP contribution is -2.24. The molecule has 0 aliphatic carbocycles. The van der Waals surface area contributed by atoms with Gasteiger partial charge in [-0.2, -0.15) is 0 Å². The van der Waals surface area contributed by atoms with Crippen LogP contribution in [-0.4, -0.2) is 49.1 Å². The number of hydrogen-bond donors (Lipinski definition) is 2. The summed E-state index contributed by atoms with van der Waals surface area (Å²) in [6.45, 7) is 1.62. The van der Waals surface area contributed by atoms with E-state index in [1.807, 2.05) is 14.1 Å². The minimum atomic E-state index is -0.995. The van der Waals surface area contributed by atoms with E-state index in [9.17, 15) is 9.59 Å². The number of carbonyl (C=O) groups excluding carboxylic acids is 1. The number of carboxylic acid groups (broad SMARTS) is 1. The van der Waals surface area contributed by atoms with E-state index in [1.54, 1.807) is 6.07 Å². The van der Waals surface area contributed by atoms with Gasteiger partial charge in [-0.1, -0.05) is 0 Å². The molecular formula is C12H18N2O3S. The molecule has 1 heterocycles. The van der Waals surface area contributed by atoms with Gasteiger partial charge in [-0.3, -0.25) is 4.79 Å². The summed E-state index contributed by atoms with van der Waals surface area (Å²) >= 11 is 0.998. The fourth-order valence-electron chi connectivity index (χ4n) is 1.42. The molecule has 0 spiro atoms. The normalized spacial score (nSPS) is 10.6. The van der Waals surface area contributed by atoms with Crippen LogP contribution in [0.25, 0.3) is 0 Å². The van der Waals surface area contributed by atoms with E-state index in [0.717, 1.165) is 30.7 Å². The zero-order valence-corrected chi connectivity index (χ0v) is 11.4. The van der Waals surface area contributed by atoms with E-state index in [2.05, 4.69) is 10.2 Å². The van der Waals surface area contributed by atoms with Crippen molar-refractivity contribution in [1.82, 2.24) is 10.2 Å². The third kappa shape index (κ3) is 4.85. The molecule has 0 radical (unpaired) electrons. The third-order valence-electron chi connectivity index (χ3n) is 2.36. The summed E-state index contributed by atoms with van der Waals surface area (Å²) in [5.41, 5.74) is 0. The summed E-state index contributed by atoms with van der Waals surface area (Å²) < 4.78 is 0. The van der Waals surface area contributed by atoms with Crippen molar-refractivity contribution in [2.24, 2.45) is 0 Å². The molecule has 0 saturated heterocycles. The Morgan fingerprint density at radius 1 is 1.28 bits per heavy atom. The molecule has 0 fully saturated rings. The van der Waals surface area contributed by atoms with Crippen LogP contribution >= 0.6 is 11.3 Å². The highest BCUT2D eigenvalue weighted by Crippen LogP contribution is 2.16. The lowest BCUT2D eigenvalue weighted by Gasteiger charge is -2.08. The van der Waals surface area contributed by atoms with Crippen LogP contribution in [0.1, 0.15) is 32.2 Å². The monoisotopic (exact) mass is 270 g/mol. The molecule has 0 unspecified atom stereocenters. The summed E-state index contributed by atoms with van der Waals surface area (Å²) in [5, 5.41) is 11.5. The number of nitrogens with zero attached hydrogens (tertiary/aromatic N) is 1. The predicted octanol–water partition coefficient (Wildman–Crippen LogP) is 1.52. The number of thiophene rings is 1. The van der Waals surface area contributed by atoms with Gasteiger partial charge in [0, 0.05) is 6.54 Å². The average molecular weight is 270 g/mol. The number of unbranched alkanes of at least 4 members (excludes halogenated alkanes) is 1. The van der Waals surface area contributed by atoms with Gasteiger partial charge < -0.3 is 15.3 Å². The van der Waals surface area contributed by atoms with E-state index in [0.29, 0.717) is 11.4 Å². The SMILES string of the molecule is CN(C)CCCCNC(=O)c1ccc(C(=O)O)s1. The highest BCUT2D eigenvalue weighted by atomic mass is 32.1. The summed E-state index contributed by atoms with van der Waals surface area (Å²) in [5.74, 6) is -1.19. The molecular weight excluding hydrogens is 252 g/mol. The van der Waals surface area contributed by atoms with Gasteiger partial charge in [0.15, 0.2) is 0 Å². The van der Waals surface area contributed by atoms with Crippen LogP contribution in [-0.2, 0) is 0 Å². The maximum absolute atomic E-state index is 11.7. The van der Waals surface area contributed by atoms with Gasteiger partial charge in [0.1, 0.15) is 4.88 Å². The van der Waals surface area contributed by atoms with Crippen LogP contribution < -0.4 is 5.32 Å². The summed E-state index contributed by atoms with van der Waals surface area (Å²) in [7, 11) is 4.02. The molecule has 0 aliphatic heterocycles. The highest BCUT2D eigenvalue weighted by Gasteiger charge is 2.12. The van der Waals surface area contributed by atoms with E-state index in [1.165, 1.54) is 6.07 Å². The number of nitrogens with one attached hydrogen (secondary N) is 1. The quantitative estimate of drug-likeness (QED) is 0.737. The largest absolute Gasteiger partial charge is 0.477 e. The minimum Gasteiger partial charge on any atom is -0.477 e. The van der Waals surface area contributed by atoms with Crippen molar-refractivity contribution in [2.75, 3.05) is 27.2 Å². The van der Waals surface area contributed by atoms with Gasteiger partial charge in [0.05, 0.1) is 4.88 Å². The van der Waals surface area contributed by atoms with Crippen LogP contribution in [0.5, 0.6) is 0 Å². The Morgan fingerprint density at radius 3 is 2.50 bits per heavy atom. The van der Waals surface area contributed by atoms with Crippen molar-refractivity contribution in [3.05, 3.63) is 21.9 Å². The van der Waals surface area contributed by atoms with Crippen molar-refractivity contribution < 1.29 is 14.7 Å². The molecule has 6 heteroatoms. The highest BCUT2D eigenvalue weighted by molar-refractivity contribution is 7.15. The lowest BCUT2D eigenvalue weighted by molar-refractivity contribution is 0.0702. The van der Waals surface area contributed by atoms with Crippen molar-refractivity contribution in [3.8, 4) is 0 Å². The first kappa shape index (κ1) is 14.7. The molecule has 1 rings (SSSR count). The number of carbonyl (C=O) groups is 2. The molecule has 1 aromatic heterocycles. The molecule has 0 aliphatic rings. The van der Waals surface area contributed by atoms with Crippen LogP contribution in [0.2, 0.25) is 0 Å². The zero-order chi connectivity index (χ0) is 13.5. The second-order valence-corrected chi connectivity index (χ2v) is 5.32. The van der Waals surface area contributed by atoms with Crippen LogP contribution in [0.3, 0.4) is 0 Å². The molecule has 1 aromatic rings. The molecule has 100 valence electrons. The Balaban J connectivity index is 2.30. The van der Waals surface area contributed by atoms with E-state index in [-0.39, 0.29) is 10.8 Å². The minimum absolute atomic E-state index is 0.188. The van der Waals surface area contributed by atoms with Gasteiger partial charge in [0.25, 0.3) is 5.91 Å². The van der Waals surface area contributed by atoms with Gasteiger partial charge >= 0.3 is 5.97 Å². The van der Waals surface area contributed by atoms with Crippen LogP contribution in [0, 0.1) is 0 Å². The molecule has 1 amide bonds. The number of amides is 1. The number of hydrogen-bond acceptors (Lipinski definition) is 4. The second-order valence-electron chi connectivity index (χ2n) is 4.24. The Labute approximate surface area is 110 Å². The second kappa shape index (κ2) is 7.13. The van der Waals surface area contributed by atoms with Gasteiger partial charge in [-0.15, -0.1) is 11.3 Å². The maximum atomic E-state index is 11.7. The van der Waals surface area contributed by atoms with Gasteiger partial charge in [0.2, 0.25) is 0 Å². The van der Waals surface area contributed by atoms with E-state index < -0.39 is 5.97 Å². The number of carboxylic acids is 1. The Morgan fingerprint density at radius 2 is 1.94 bits per heavy atom. The topological polar surface area (TPSA) is 69.6 Å². The third-order valence-corrected chi connectivity index (χ3v) is 3.43. The van der Waals surface area contributed by atoms with Gasteiger partial charge in [-0.25, -0.2) is 4.79 Å². The van der Waals surface area contributed by atoms with E-state index in [4.69, 9.17) is 5.11 Å². The first-order chi connectivity index (χ1) is 8.50. The zero-order valence-electron chi connectivity index (χ0n) is 10.6. The van der Waals surface area contributed by atoms with E-state index >= 15 is 0 Å². The maximum Gasteiger partial charge on any atom is 0.345 e. The summed E-state index contributed by atoms with van der Waals surface area (Å²) in [6.07, 6.45) is 1.94. The summed E-state index contributed by atoms with van der Waals surface area (Å²) in [4.78, 5) is 25.1. The molecule has 0 atom stereocenters. The Kier molecular flexibility index (Phi) is 5.80. The predicted molar refractivity (Wildman–Crippen MR) is 71.4 cm³/mol. The molecule has 18 heavy (non-hydrogen) atoms. The number of rotatable bonds is 7. The number of aromatic carboxylic acids is 1. The fraction of sp³-hybridized carbons (Fsp3) is 0.500. The van der Waals surface area contributed by atoms with Crippen LogP contribution in [0.4, 0.5) is 0 Å².